The molecule has 0 unspecified atom stereocenters. The number of nitrogens with zero attached hydrogens (tertiary/aromatic N) is 1. The van der Waals surface area contributed by atoms with Gasteiger partial charge in [0.15, 0.2) is 11.2 Å². The highest BCUT2D eigenvalue weighted by Crippen LogP contribution is 2.13. The van der Waals surface area contributed by atoms with Crippen LogP contribution < -0.4 is 21.3 Å². The fraction of sp³-hybridized carbons (Fsp3) is 0.781. The number of carbonyl (C=O) groups excluding carboxylic acids is 5. The van der Waals surface area contributed by atoms with E-state index in [1.807, 2.05) is 10.6 Å². The van der Waals surface area contributed by atoms with Gasteiger partial charge in [0.2, 0.25) is 5.91 Å². The minimum absolute atomic E-state index is 0.0480. The predicted molar refractivity (Wildman–Crippen MR) is 176 cm³/mol. The van der Waals surface area contributed by atoms with Crippen LogP contribution in [0.1, 0.15) is 112 Å². The average Bonchev–Trinajstić information content (AvgIpc) is 3.00. The van der Waals surface area contributed by atoms with Gasteiger partial charge >= 0.3 is 24.1 Å². The van der Waals surface area contributed by atoms with Crippen LogP contribution in [0.25, 0.3) is 0 Å². The molecule has 16 heteroatoms. The van der Waals surface area contributed by atoms with E-state index in [-0.39, 0.29) is 19.0 Å². The molecule has 5 amide bonds. The van der Waals surface area contributed by atoms with Crippen LogP contribution in [0, 0.1) is 0 Å². The molecule has 0 bridgehead atoms. The van der Waals surface area contributed by atoms with E-state index in [0.29, 0.717) is 32.4 Å². The van der Waals surface area contributed by atoms with Crippen molar-refractivity contribution in [3.8, 4) is 0 Å². The second-order valence-electron chi connectivity index (χ2n) is 12.5. The molecular weight excluding hydrogens is 630 g/mol. The third kappa shape index (κ3) is 21.6. The zero-order valence-electron chi connectivity index (χ0n) is 29.2. The summed E-state index contributed by atoms with van der Waals surface area (Å²) < 4.78 is 10.1. The largest absolute Gasteiger partial charge is 0.480 e. The van der Waals surface area contributed by atoms with E-state index in [1.165, 1.54) is 59.8 Å². The van der Waals surface area contributed by atoms with Crippen molar-refractivity contribution in [2.24, 2.45) is 0 Å². The first kappa shape index (κ1) is 43.9. The standard InChI is InChI=1S/C32H57N5O11/c1-6-7-8-9-10-11-12-13-14-17-24(38)37(20-15-18-33-27(43)31(2,3)47-29(45)35-22-25(39)40)21-16-19-34-28(44)32(4,5)48-30(46)36-23-26(41)42/h6-23H2,1-5H3,(H,33,43)(H,34,44)(H,35,45)(H,36,46)(H,39,40)(H,41,42). The van der Waals surface area contributed by atoms with Crippen LogP contribution in [0.4, 0.5) is 9.59 Å². The molecule has 0 aromatic carbocycles. The van der Waals surface area contributed by atoms with Gasteiger partial charge in [-0.25, -0.2) is 9.59 Å². The van der Waals surface area contributed by atoms with Crippen molar-refractivity contribution in [2.75, 3.05) is 39.3 Å². The number of amides is 5. The molecule has 16 nitrogen and oxygen atoms in total. The minimum Gasteiger partial charge on any atom is -0.480 e. The Hall–Kier alpha value is -4.11. The van der Waals surface area contributed by atoms with Gasteiger partial charge in [-0.15, -0.1) is 0 Å². The van der Waals surface area contributed by atoms with Crippen LogP contribution >= 0.6 is 0 Å². The van der Waals surface area contributed by atoms with Gasteiger partial charge in [-0.1, -0.05) is 58.3 Å². The van der Waals surface area contributed by atoms with E-state index in [4.69, 9.17) is 19.7 Å². The summed E-state index contributed by atoms with van der Waals surface area (Å²) in [6.07, 6.45) is 9.13. The number of carboxylic acid groups (broad SMARTS) is 2. The SMILES string of the molecule is CCCCCCCCCCCC(=O)N(CCCNC(=O)C(C)(C)OC(=O)NCC(=O)O)CCCNC(=O)C(C)(C)OC(=O)NCC(=O)O. The molecule has 0 saturated carbocycles. The highest BCUT2D eigenvalue weighted by Gasteiger charge is 2.33. The Kier molecular flexibility index (Phi) is 22.0. The average molecular weight is 688 g/mol. The summed E-state index contributed by atoms with van der Waals surface area (Å²) in [7, 11) is 0. The Balaban J connectivity index is 4.93. The first-order valence-corrected chi connectivity index (χ1v) is 16.7. The van der Waals surface area contributed by atoms with Gasteiger partial charge in [-0.2, -0.15) is 0 Å². The van der Waals surface area contributed by atoms with Crippen molar-refractivity contribution in [3.05, 3.63) is 0 Å². The number of ether oxygens (including phenoxy) is 2. The smallest absolute Gasteiger partial charge is 0.408 e. The van der Waals surface area contributed by atoms with E-state index in [9.17, 15) is 33.6 Å². The van der Waals surface area contributed by atoms with Crippen molar-refractivity contribution in [1.82, 2.24) is 26.2 Å². The predicted octanol–water partition coefficient (Wildman–Crippen LogP) is 2.93. The fourth-order valence-corrected chi connectivity index (χ4v) is 4.40. The Bertz CT molecular complexity index is 985. The number of unbranched alkanes of at least 4 members (excludes halogenated alkanes) is 8. The molecule has 0 aromatic heterocycles. The molecule has 48 heavy (non-hydrogen) atoms. The lowest BCUT2D eigenvalue weighted by atomic mass is 10.1. The van der Waals surface area contributed by atoms with Gasteiger partial charge in [0, 0.05) is 32.6 Å². The number of carboxylic acids is 2. The van der Waals surface area contributed by atoms with Crippen LogP contribution in [0.5, 0.6) is 0 Å². The molecule has 0 aromatic rings. The van der Waals surface area contributed by atoms with E-state index in [1.54, 1.807) is 4.90 Å². The summed E-state index contributed by atoms with van der Waals surface area (Å²) in [5.41, 5.74) is -3.14. The summed E-state index contributed by atoms with van der Waals surface area (Å²) in [5, 5.41) is 26.7. The second-order valence-corrected chi connectivity index (χ2v) is 12.5. The second kappa shape index (κ2) is 24.1. The highest BCUT2D eigenvalue weighted by molar-refractivity contribution is 5.88. The topological polar surface area (TPSA) is 230 Å². The van der Waals surface area contributed by atoms with Crippen LogP contribution in [0.2, 0.25) is 0 Å². The Labute approximate surface area is 283 Å². The molecule has 0 spiro atoms. The van der Waals surface area contributed by atoms with Crippen LogP contribution in [-0.2, 0) is 33.4 Å². The molecule has 0 heterocycles. The van der Waals surface area contributed by atoms with E-state index >= 15 is 0 Å². The zero-order valence-corrected chi connectivity index (χ0v) is 29.2. The molecule has 6 N–H and O–H groups in total. The summed E-state index contributed by atoms with van der Waals surface area (Å²) >= 11 is 0. The molecular formula is C32H57N5O11. The third-order valence-electron chi connectivity index (χ3n) is 7.18. The summed E-state index contributed by atoms with van der Waals surface area (Å²) in [4.78, 5) is 84.8. The zero-order chi connectivity index (χ0) is 36.6. The van der Waals surface area contributed by atoms with Gasteiger partial charge in [-0.05, 0) is 47.0 Å². The Morgan fingerprint density at radius 3 is 1.31 bits per heavy atom. The number of rotatable bonds is 26. The molecule has 0 atom stereocenters. The Morgan fingerprint density at radius 1 is 0.562 bits per heavy atom. The molecule has 0 aliphatic heterocycles. The monoisotopic (exact) mass is 687 g/mol. The van der Waals surface area contributed by atoms with Crippen molar-refractivity contribution >= 4 is 41.8 Å². The maximum Gasteiger partial charge on any atom is 0.408 e. The normalized spacial score (nSPS) is 11.2. The number of nitrogens with one attached hydrogen (secondary N) is 4. The van der Waals surface area contributed by atoms with Crippen LogP contribution in [0.3, 0.4) is 0 Å². The van der Waals surface area contributed by atoms with Gasteiger partial charge in [0.25, 0.3) is 11.8 Å². The molecule has 0 aliphatic rings. The Morgan fingerprint density at radius 2 is 0.938 bits per heavy atom. The number of aliphatic carboxylic acids is 2. The van der Waals surface area contributed by atoms with Gasteiger partial charge in [0.05, 0.1) is 0 Å². The molecule has 0 aliphatic carbocycles. The molecule has 0 rings (SSSR count). The van der Waals surface area contributed by atoms with E-state index < -0.39 is 60.2 Å². The number of hydrogen-bond donors (Lipinski definition) is 6. The summed E-state index contributed by atoms with van der Waals surface area (Å²) in [6.45, 7) is 7.35. The van der Waals surface area contributed by atoms with E-state index in [2.05, 4.69) is 17.6 Å². The first-order valence-electron chi connectivity index (χ1n) is 16.7. The maximum absolute atomic E-state index is 13.1. The summed E-state index contributed by atoms with van der Waals surface area (Å²) in [6, 6.07) is 0. The van der Waals surface area contributed by atoms with Gasteiger partial charge in [-0.3, -0.25) is 24.0 Å². The first-order chi connectivity index (χ1) is 22.5. The fourth-order valence-electron chi connectivity index (χ4n) is 4.40. The van der Waals surface area contributed by atoms with Crippen molar-refractivity contribution in [2.45, 2.75) is 123 Å². The number of alkyl carbamates (subject to hydrolysis) is 2. The van der Waals surface area contributed by atoms with Gasteiger partial charge < -0.3 is 45.9 Å². The van der Waals surface area contributed by atoms with Crippen molar-refractivity contribution < 1.29 is 53.2 Å². The van der Waals surface area contributed by atoms with Crippen molar-refractivity contribution in [1.29, 1.82) is 0 Å². The molecule has 0 fully saturated rings. The van der Waals surface area contributed by atoms with E-state index in [0.717, 1.165) is 25.7 Å². The molecule has 0 radical (unpaired) electrons. The minimum atomic E-state index is -1.57. The maximum atomic E-state index is 13.1. The quantitative estimate of drug-likeness (QED) is 0.0724. The lowest BCUT2D eigenvalue weighted by Gasteiger charge is -2.26. The molecule has 0 saturated heterocycles. The van der Waals surface area contributed by atoms with Crippen LogP contribution in [0.15, 0.2) is 0 Å². The third-order valence-corrected chi connectivity index (χ3v) is 7.18. The van der Waals surface area contributed by atoms with Crippen LogP contribution in [-0.4, -0.2) is 107 Å². The lowest BCUT2D eigenvalue weighted by molar-refractivity contribution is -0.138. The van der Waals surface area contributed by atoms with Crippen molar-refractivity contribution in [3.63, 3.8) is 0 Å². The highest BCUT2D eigenvalue weighted by atomic mass is 16.6. The molecule has 276 valence electrons. The lowest BCUT2D eigenvalue weighted by Crippen LogP contribution is -2.48. The summed E-state index contributed by atoms with van der Waals surface area (Å²) in [5.74, 6) is -3.75. The van der Waals surface area contributed by atoms with Gasteiger partial charge in [0.1, 0.15) is 13.1 Å². The number of carbonyl (C=O) groups is 7. The number of hydrogen-bond acceptors (Lipinski definition) is 9.